The highest BCUT2D eigenvalue weighted by atomic mass is 32.2. The summed E-state index contributed by atoms with van der Waals surface area (Å²) >= 11 is 4.45. The van der Waals surface area contributed by atoms with Crippen molar-refractivity contribution >= 4 is 40.8 Å². The number of nitrogens with one attached hydrogen (secondary N) is 1. The van der Waals surface area contributed by atoms with Crippen LogP contribution in [0.15, 0.2) is 32.9 Å². The van der Waals surface area contributed by atoms with Gasteiger partial charge in [0.2, 0.25) is 5.91 Å². The SMILES string of the molecule is CCSc1nnc(SCC(=O)NCc2ccccc2F)s1. The number of rotatable bonds is 7. The van der Waals surface area contributed by atoms with Crippen LogP contribution < -0.4 is 5.32 Å². The molecule has 1 heterocycles. The Morgan fingerprint density at radius 2 is 2.00 bits per heavy atom. The van der Waals surface area contributed by atoms with Gasteiger partial charge in [-0.3, -0.25) is 4.79 Å². The quantitative estimate of drug-likeness (QED) is 0.783. The van der Waals surface area contributed by atoms with Crippen molar-refractivity contribution in [2.75, 3.05) is 11.5 Å². The lowest BCUT2D eigenvalue weighted by molar-refractivity contribution is -0.118. The maximum absolute atomic E-state index is 13.4. The molecular formula is C13H14FN3OS3. The van der Waals surface area contributed by atoms with E-state index in [0.29, 0.717) is 5.56 Å². The fourth-order valence-electron chi connectivity index (χ4n) is 1.45. The van der Waals surface area contributed by atoms with E-state index in [1.54, 1.807) is 30.0 Å². The first kappa shape index (κ1) is 16.3. The molecule has 21 heavy (non-hydrogen) atoms. The van der Waals surface area contributed by atoms with Crippen LogP contribution in [0.5, 0.6) is 0 Å². The Morgan fingerprint density at radius 1 is 1.29 bits per heavy atom. The van der Waals surface area contributed by atoms with E-state index >= 15 is 0 Å². The van der Waals surface area contributed by atoms with Gasteiger partial charge in [-0.15, -0.1) is 10.2 Å². The van der Waals surface area contributed by atoms with Crippen LogP contribution in [-0.4, -0.2) is 27.6 Å². The zero-order valence-electron chi connectivity index (χ0n) is 11.3. The van der Waals surface area contributed by atoms with Crippen LogP contribution in [0.2, 0.25) is 0 Å². The van der Waals surface area contributed by atoms with E-state index in [4.69, 9.17) is 0 Å². The molecule has 0 aliphatic rings. The summed E-state index contributed by atoms with van der Waals surface area (Å²) in [4.78, 5) is 11.7. The molecule has 0 saturated heterocycles. The number of nitrogens with zero attached hydrogens (tertiary/aromatic N) is 2. The van der Waals surface area contributed by atoms with Gasteiger partial charge in [-0.25, -0.2) is 4.39 Å². The molecule has 112 valence electrons. The van der Waals surface area contributed by atoms with Crippen molar-refractivity contribution in [3.63, 3.8) is 0 Å². The van der Waals surface area contributed by atoms with Gasteiger partial charge in [0.1, 0.15) is 5.82 Å². The molecule has 4 nitrogen and oxygen atoms in total. The molecule has 0 aliphatic heterocycles. The largest absolute Gasteiger partial charge is 0.351 e. The van der Waals surface area contributed by atoms with E-state index in [2.05, 4.69) is 22.4 Å². The maximum Gasteiger partial charge on any atom is 0.230 e. The number of amides is 1. The predicted molar refractivity (Wildman–Crippen MR) is 85.3 cm³/mol. The minimum absolute atomic E-state index is 0.150. The fraction of sp³-hybridized carbons (Fsp3) is 0.308. The van der Waals surface area contributed by atoms with Crippen molar-refractivity contribution in [2.45, 2.75) is 22.1 Å². The standard InChI is InChI=1S/C13H14FN3OS3/c1-2-19-12-16-17-13(21-12)20-8-11(18)15-7-9-5-3-4-6-10(9)14/h3-6H,2,7-8H2,1H3,(H,15,18). The van der Waals surface area contributed by atoms with E-state index in [1.165, 1.54) is 29.2 Å². The highest BCUT2D eigenvalue weighted by Gasteiger charge is 2.09. The van der Waals surface area contributed by atoms with Gasteiger partial charge in [-0.05, 0) is 11.8 Å². The van der Waals surface area contributed by atoms with Crippen molar-refractivity contribution in [1.29, 1.82) is 0 Å². The first-order valence-electron chi connectivity index (χ1n) is 6.28. The van der Waals surface area contributed by atoms with E-state index in [9.17, 15) is 9.18 Å². The smallest absolute Gasteiger partial charge is 0.230 e. The summed E-state index contributed by atoms with van der Waals surface area (Å²) in [7, 11) is 0. The molecule has 2 rings (SSSR count). The molecule has 0 saturated carbocycles. The lowest BCUT2D eigenvalue weighted by atomic mass is 10.2. The third-order valence-electron chi connectivity index (χ3n) is 2.42. The van der Waals surface area contributed by atoms with Gasteiger partial charge in [0.25, 0.3) is 0 Å². The summed E-state index contributed by atoms with van der Waals surface area (Å²) in [6, 6.07) is 6.40. The zero-order valence-corrected chi connectivity index (χ0v) is 13.8. The number of hydrogen-bond acceptors (Lipinski definition) is 6. The summed E-state index contributed by atoms with van der Waals surface area (Å²) in [5.41, 5.74) is 0.480. The summed E-state index contributed by atoms with van der Waals surface area (Å²) in [6.07, 6.45) is 0. The average molecular weight is 343 g/mol. The van der Waals surface area contributed by atoms with Crippen LogP contribution in [0.4, 0.5) is 4.39 Å². The molecule has 0 aliphatic carbocycles. The molecule has 8 heteroatoms. The first-order valence-corrected chi connectivity index (χ1v) is 9.07. The van der Waals surface area contributed by atoms with Gasteiger partial charge >= 0.3 is 0 Å². The Balaban J connectivity index is 1.75. The fourth-order valence-corrected chi connectivity index (χ4v) is 4.20. The molecule has 0 fully saturated rings. The van der Waals surface area contributed by atoms with E-state index in [-0.39, 0.29) is 24.0 Å². The summed E-state index contributed by atoms with van der Waals surface area (Å²) in [5, 5.41) is 10.7. The molecule has 0 atom stereocenters. The molecule has 1 aromatic heterocycles. The van der Waals surface area contributed by atoms with Gasteiger partial charge in [-0.1, -0.05) is 60.0 Å². The molecule has 1 N–H and O–H groups in total. The van der Waals surface area contributed by atoms with E-state index < -0.39 is 0 Å². The van der Waals surface area contributed by atoms with Crippen LogP contribution in [-0.2, 0) is 11.3 Å². The summed E-state index contributed by atoms with van der Waals surface area (Å²) < 4.78 is 15.1. The second kappa shape index (κ2) is 8.35. The zero-order chi connectivity index (χ0) is 15.1. The van der Waals surface area contributed by atoms with Crippen molar-refractivity contribution in [1.82, 2.24) is 15.5 Å². The second-order valence-electron chi connectivity index (χ2n) is 3.92. The van der Waals surface area contributed by atoms with Crippen molar-refractivity contribution in [3.05, 3.63) is 35.6 Å². The van der Waals surface area contributed by atoms with Gasteiger partial charge in [0.15, 0.2) is 8.68 Å². The number of halogens is 1. The molecule has 0 unspecified atom stereocenters. The minimum Gasteiger partial charge on any atom is -0.351 e. The van der Waals surface area contributed by atoms with Gasteiger partial charge in [0.05, 0.1) is 5.75 Å². The Labute approximate surface area is 134 Å². The number of carbonyl (C=O) groups excluding carboxylic acids is 1. The van der Waals surface area contributed by atoms with Gasteiger partial charge < -0.3 is 5.32 Å². The monoisotopic (exact) mass is 343 g/mol. The number of benzene rings is 1. The lowest BCUT2D eigenvalue weighted by Gasteiger charge is -2.05. The molecule has 0 bridgehead atoms. The molecule has 2 aromatic rings. The number of carbonyl (C=O) groups is 1. The number of thioether (sulfide) groups is 2. The predicted octanol–water partition coefficient (Wildman–Crippen LogP) is 3.20. The molecule has 0 spiro atoms. The normalized spacial score (nSPS) is 10.6. The van der Waals surface area contributed by atoms with Crippen LogP contribution in [0, 0.1) is 5.82 Å². The highest BCUT2D eigenvalue weighted by molar-refractivity contribution is 8.03. The lowest BCUT2D eigenvalue weighted by Crippen LogP contribution is -2.24. The topological polar surface area (TPSA) is 54.9 Å². The summed E-state index contributed by atoms with van der Waals surface area (Å²) in [5.74, 6) is 0.737. The van der Waals surface area contributed by atoms with Gasteiger partial charge in [-0.2, -0.15) is 0 Å². The van der Waals surface area contributed by atoms with Crippen LogP contribution >= 0.6 is 34.9 Å². The van der Waals surface area contributed by atoms with E-state index in [1.807, 2.05) is 0 Å². The van der Waals surface area contributed by atoms with Crippen molar-refractivity contribution < 1.29 is 9.18 Å². The Kier molecular flexibility index (Phi) is 6.47. The molecular weight excluding hydrogens is 329 g/mol. The third-order valence-corrected chi connectivity index (χ3v) is 5.49. The Morgan fingerprint density at radius 3 is 2.71 bits per heavy atom. The minimum atomic E-state index is -0.309. The Hall–Kier alpha value is -1.12. The van der Waals surface area contributed by atoms with Crippen molar-refractivity contribution in [2.24, 2.45) is 0 Å². The molecule has 0 radical (unpaired) electrons. The van der Waals surface area contributed by atoms with Crippen molar-refractivity contribution in [3.8, 4) is 0 Å². The summed E-state index contributed by atoms with van der Waals surface area (Å²) in [6.45, 7) is 2.24. The van der Waals surface area contributed by atoms with Crippen LogP contribution in [0.1, 0.15) is 12.5 Å². The average Bonchev–Trinajstić information content (AvgIpc) is 2.92. The second-order valence-corrected chi connectivity index (χ2v) is 7.63. The Bertz CT molecular complexity index is 606. The number of aromatic nitrogens is 2. The van der Waals surface area contributed by atoms with Crippen LogP contribution in [0.25, 0.3) is 0 Å². The molecule has 1 aromatic carbocycles. The van der Waals surface area contributed by atoms with Crippen LogP contribution in [0.3, 0.4) is 0 Å². The van der Waals surface area contributed by atoms with Gasteiger partial charge in [0, 0.05) is 12.1 Å². The molecule has 1 amide bonds. The highest BCUT2D eigenvalue weighted by Crippen LogP contribution is 2.28. The first-order chi connectivity index (χ1) is 10.2. The van der Waals surface area contributed by atoms with E-state index in [0.717, 1.165) is 14.4 Å². The number of hydrogen-bond donors (Lipinski definition) is 1. The maximum atomic E-state index is 13.4. The third kappa shape index (κ3) is 5.29.